The number of aryl methyl sites for hydroxylation is 2. The highest BCUT2D eigenvalue weighted by molar-refractivity contribution is 7.99. The van der Waals surface area contributed by atoms with Crippen LogP contribution in [-0.4, -0.2) is 16.1 Å². The molecule has 2 N–H and O–H groups in total. The summed E-state index contributed by atoms with van der Waals surface area (Å²) in [6.45, 7) is 4.23. The molecule has 0 saturated carbocycles. The summed E-state index contributed by atoms with van der Waals surface area (Å²) in [6, 6.07) is 15.9. The van der Waals surface area contributed by atoms with Crippen molar-refractivity contribution in [1.29, 1.82) is 0 Å². The van der Waals surface area contributed by atoms with Crippen LogP contribution in [0.2, 0.25) is 0 Å². The van der Waals surface area contributed by atoms with Gasteiger partial charge in [0, 0.05) is 21.7 Å². The predicted octanol–water partition coefficient (Wildman–Crippen LogP) is 4.43. The highest BCUT2D eigenvalue weighted by Gasteiger charge is 2.07. The molecule has 0 saturated heterocycles. The van der Waals surface area contributed by atoms with Crippen molar-refractivity contribution in [1.82, 2.24) is 10.2 Å². The summed E-state index contributed by atoms with van der Waals surface area (Å²) in [6.07, 6.45) is 1.55. The van der Waals surface area contributed by atoms with Crippen LogP contribution in [0, 0.1) is 13.8 Å². The van der Waals surface area contributed by atoms with Gasteiger partial charge in [-0.15, -0.1) is 0 Å². The van der Waals surface area contributed by atoms with Gasteiger partial charge in [0.2, 0.25) is 0 Å². The number of carbonyl (C=O) groups excluding carboxylic acids is 1. The summed E-state index contributed by atoms with van der Waals surface area (Å²) in [5, 5.41) is 9.25. The monoisotopic (exact) mass is 323 g/mol. The number of hydrogen-bond donors (Lipinski definition) is 2. The summed E-state index contributed by atoms with van der Waals surface area (Å²) in [7, 11) is 0. The van der Waals surface area contributed by atoms with E-state index >= 15 is 0 Å². The maximum Gasteiger partial charge on any atom is 0.273 e. The Hall–Kier alpha value is -2.53. The molecule has 0 fully saturated rings. The molecule has 0 unspecified atom stereocenters. The zero-order valence-corrected chi connectivity index (χ0v) is 13.8. The summed E-state index contributed by atoms with van der Waals surface area (Å²) in [5.74, 6) is -0.197. The zero-order valence-electron chi connectivity index (χ0n) is 13.0. The van der Waals surface area contributed by atoms with E-state index in [0.717, 1.165) is 10.6 Å². The first-order valence-corrected chi connectivity index (χ1v) is 8.09. The SMILES string of the molecule is Cc1ccc(Sc2ccc(NC(=O)c3ccn[nH]3)cc2)cc1C. The Labute approximate surface area is 139 Å². The predicted molar refractivity (Wildman–Crippen MR) is 93.0 cm³/mol. The second-order valence-electron chi connectivity index (χ2n) is 5.30. The summed E-state index contributed by atoms with van der Waals surface area (Å²) in [5.41, 5.74) is 3.79. The Morgan fingerprint density at radius 2 is 1.74 bits per heavy atom. The largest absolute Gasteiger partial charge is 0.321 e. The van der Waals surface area contributed by atoms with E-state index in [9.17, 15) is 4.79 Å². The Balaban J connectivity index is 1.67. The molecule has 5 heteroatoms. The van der Waals surface area contributed by atoms with Crippen LogP contribution in [0.15, 0.2) is 64.5 Å². The van der Waals surface area contributed by atoms with Crippen molar-refractivity contribution in [3.63, 3.8) is 0 Å². The van der Waals surface area contributed by atoms with E-state index in [2.05, 4.69) is 47.6 Å². The van der Waals surface area contributed by atoms with Gasteiger partial charge in [-0.25, -0.2) is 0 Å². The molecule has 0 radical (unpaired) electrons. The van der Waals surface area contributed by atoms with Crippen LogP contribution in [0.1, 0.15) is 21.6 Å². The number of nitrogens with zero attached hydrogens (tertiary/aromatic N) is 1. The number of nitrogens with one attached hydrogen (secondary N) is 2. The number of aromatic amines is 1. The Kier molecular flexibility index (Phi) is 4.48. The Bertz CT molecular complexity index is 811. The summed E-state index contributed by atoms with van der Waals surface area (Å²) < 4.78 is 0. The van der Waals surface area contributed by atoms with Gasteiger partial charge in [-0.1, -0.05) is 17.8 Å². The van der Waals surface area contributed by atoms with Crippen molar-refractivity contribution in [2.45, 2.75) is 23.6 Å². The van der Waals surface area contributed by atoms with Gasteiger partial charge in [-0.3, -0.25) is 9.89 Å². The minimum absolute atomic E-state index is 0.197. The number of carbonyl (C=O) groups is 1. The van der Waals surface area contributed by atoms with Crippen LogP contribution in [0.5, 0.6) is 0 Å². The van der Waals surface area contributed by atoms with Crippen molar-refractivity contribution in [2.75, 3.05) is 5.32 Å². The highest BCUT2D eigenvalue weighted by atomic mass is 32.2. The molecule has 1 amide bonds. The van der Waals surface area contributed by atoms with Crippen LogP contribution < -0.4 is 5.32 Å². The molecule has 23 heavy (non-hydrogen) atoms. The van der Waals surface area contributed by atoms with Gasteiger partial charge in [-0.05, 0) is 67.4 Å². The minimum atomic E-state index is -0.197. The van der Waals surface area contributed by atoms with E-state index in [1.165, 1.54) is 16.0 Å². The van der Waals surface area contributed by atoms with Crippen LogP contribution in [0.3, 0.4) is 0 Å². The normalized spacial score (nSPS) is 10.5. The lowest BCUT2D eigenvalue weighted by atomic mass is 10.1. The van der Waals surface area contributed by atoms with Crippen molar-refractivity contribution in [2.24, 2.45) is 0 Å². The van der Waals surface area contributed by atoms with Crippen LogP contribution >= 0.6 is 11.8 Å². The van der Waals surface area contributed by atoms with Crippen molar-refractivity contribution < 1.29 is 4.79 Å². The molecule has 0 bridgehead atoms. The number of amides is 1. The zero-order chi connectivity index (χ0) is 16.2. The molecule has 0 spiro atoms. The number of H-pyrrole nitrogens is 1. The topological polar surface area (TPSA) is 57.8 Å². The van der Waals surface area contributed by atoms with Gasteiger partial charge in [0.25, 0.3) is 5.91 Å². The number of rotatable bonds is 4. The standard InChI is InChI=1S/C18H17N3OS/c1-12-3-6-16(11-13(12)2)23-15-7-4-14(5-8-15)20-18(22)17-9-10-19-21-17/h3-11H,1-2H3,(H,19,21)(H,20,22). The molecule has 0 aliphatic carbocycles. The molecular weight excluding hydrogens is 306 g/mol. The van der Waals surface area contributed by atoms with E-state index in [0.29, 0.717) is 5.69 Å². The summed E-state index contributed by atoms with van der Waals surface area (Å²) >= 11 is 1.71. The Morgan fingerprint density at radius 1 is 1.00 bits per heavy atom. The maximum atomic E-state index is 11.9. The van der Waals surface area contributed by atoms with Gasteiger partial charge < -0.3 is 5.32 Å². The van der Waals surface area contributed by atoms with Crippen LogP contribution in [0.4, 0.5) is 5.69 Å². The quantitative estimate of drug-likeness (QED) is 0.747. The lowest BCUT2D eigenvalue weighted by molar-refractivity contribution is 0.102. The molecule has 116 valence electrons. The maximum absolute atomic E-state index is 11.9. The first kappa shape index (κ1) is 15.4. The number of benzene rings is 2. The average Bonchev–Trinajstić information content (AvgIpc) is 3.07. The Morgan fingerprint density at radius 3 is 2.39 bits per heavy atom. The fourth-order valence-electron chi connectivity index (χ4n) is 2.10. The average molecular weight is 323 g/mol. The fraction of sp³-hybridized carbons (Fsp3) is 0.111. The number of aromatic nitrogens is 2. The molecule has 3 aromatic rings. The van der Waals surface area contributed by atoms with Gasteiger partial charge in [0.05, 0.1) is 0 Å². The summed E-state index contributed by atoms with van der Waals surface area (Å²) in [4.78, 5) is 14.3. The molecule has 0 aliphatic rings. The third-order valence-electron chi connectivity index (χ3n) is 3.57. The number of anilines is 1. The first-order chi connectivity index (χ1) is 11.1. The van der Waals surface area contributed by atoms with Gasteiger partial charge in [0.1, 0.15) is 5.69 Å². The third kappa shape index (κ3) is 3.81. The lowest BCUT2D eigenvalue weighted by Crippen LogP contribution is -2.12. The second-order valence-corrected chi connectivity index (χ2v) is 6.44. The van der Waals surface area contributed by atoms with Crippen molar-refractivity contribution in [3.05, 3.63) is 71.5 Å². The highest BCUT2D eigenvalue weighted by Crippen LogP contribution is 2.29. The molecule has 0 aliphatic heterocycles. The molecular formula is C18H17N3OS. The smallest absolute Gasteiger partial charge is 0.273 e. The van der Waals surface area contributed by atoms with Gasteiger partial charge in [-0.2, -0.15) is 5.10 Å². The molecule has 1 aromatic heterocycles. The van der Waals surface area contributed by atoms with Crippen LogP contribution in [0.25, 0.3) is 0 Å². The second kappa shape index (κ2) is 6.71. The molecule has 3 rings (SSSR count). The van der Waals surface area contributed by atoms with E-state index in [-0.39, 0.29) is 5.91 Å². The molecule has 0 atom stereocenters. The van der Waals surface area contributed by atoms with Gasteiger partial charge in [0.15, 0.2) is 0 Å². The van der Waals surface area contributed by atoms with E-state index in [1.54, 1.807) is 24.0 Å². The first-order valence-electron chi connectivity index (χ1n) is 7.28. The van der Waals surface area contributed by atoms with Crippen molar-refractivity contribution in [3.8, 4) is 0 Å². The number of hydrogen-bond acceptors (Lipinski definition) is 3. The molecule has 1 heterocycles. The molecule has 2 aromatic carbocycles. The van der Waals surface area contributed by atoms with Crippen LogP contribution in [-0.2, 0) is 0 Å². The minimum Gasteiger partial charge on any atom is -0.321 e. The molecule has 4 nitrogen and oxygen atoms in total. The third-order valence-corrected chi connectivity index (χ3v) is 4.57. The lowest BCUT2D eigenvalue weighted by Gasteiger charge is -2.07. The van der Waals surface area contributed by atoms with Crippen molar-refractivity contribution >= 4 is 23.4 Å². The van der Waals surface area contributed by atoms with E-state index in [1.807, 2.05) is 24.3 Å². The van der Waals surface area contributed by atoms with E-state index < -0.39 is 0 Å². The van der Waals surface area contributed by atoms with Gasteiger partial charge >= 0.3 is 0 Å². The fourth-order valence-corrected chi connectivity index (χ4v) is 3.02. The van der Waals surface area contributed by atoms with E-state index in [4.69, 9.17) is 0 Å².